The second-order valence-electron chi connectivity index (χ2n) is 10.5. The molecule has 0 N–H and O–H groups in total. The highest BCUT2D eigenvalue weighted by Crippen LogP contribution is 2.35. The van der Waals surface area contributed by atoms with E-state index in [4.69, 9.17) is 24.7 Å². The van der Waals surface area contributed by atoms with Crippen molar-refractivity contribution in [3.05, 3.63) is 65.6 Å². The first-order chi connectivity index (χ1) is 19.9. The van der Waals surface area contributed by atoms with Crippen molar-refractivity contribution >= 4 is 28.2 Å². The van der Waals surface area contributed by atoms with Crippen LogP contribution in [-0.4, -0.2) is 73.3 Å². The highest BCUT2D eigenvalue weighted by molar-refractivity contribution is 5.97. The number of amides is 1. The summed E-state index contributed by atoms with van der Waals surface area (Å²) in [7, 11) is 0. The fourth-order valence-electron chi connectivity index (χ4n) is 5.56. The number of carbonyl (C=O) groups excluding carboxylic acids is 1. The summed E-state index contributed by atoms with van der Waals surface area (Å²) in [6, 6.07) is 15.0. The monoisotopic (exact) mass is 558 g/mol. The third-order valence-corrected chi connectivity index (χ3v) is 7.71. The van der Waals surface area contributed by atoms with Gasteiger partial charge in [-0.3, -0.25) is 4.79 Å². The van der Waals surface area contributed by atoms with Crippen molar-refractivity contribution in [3.63, 3.8) is 0 Å². The van der Waals surface area contributed by atoms with Gasteiger partial charge in [0.05, 0.1) is 38.1 Å². The number of nitrogens with zero attached hydrogens (tertiary/aromatic N) is 6. The summed E-state index contributed by atoms with van der Waals surface area (Å²) in [4.78, 5) is 27.9. The van der Waals surface area contributed by atoms with Gasteiger partial charge in [0.15, 0.2) is 5.83 Å². The van der Waals surface area contributed by atoms with E-state index < -0.39 is 11.7 Å². The standard InChI is InChI=1S/C29H32FN5O3.C2H3N/c1-19-5-3-6-22-7-4-8-25(26(19)22)35-10-9-23-24(15-35)31-29(38-18-21-16-37-17-21)32-27(23)33-11-13-34(14-12-33)28(36)20(2)30;1-2-3/h3-8,21H,2,9-18H2,1H3;1H3. The smallest absolute Gasteiger partial charge is 0.318 e. The molecule has 3 aliphatic rings. The Kier molecular flexibility index (Phi) is 8.64. The molecule has 0 unspecified atom stereocenters. The molecule has 0 radical (unpaired) electrons. The molecule has 1 amide bonds. The van der Waals surface area contributed by atoms with Crippen LogP contribution in [-0.2, 0) is 22.5 Å². The Balaban J connectivity index is 0.00000108. The van der Waals surface area contributed by atoms with Crippen molar-refractivity contribution in [1.29, 1.82) is 5.26 Å². The number of benzene rings is 2. The van der Waals surface area contributed by atoms with E-state index in [9.17, 15) is 9.18 Å². The number of piperazine rings is 1. The number of aromatic nitrogens is 2. The molecular weight excluding hydrogens is 523 g/mol. The quantitative estimate of drug-likeness (QED) is 0.416. The average Bonchev–Trinajstić information content (AvgIpc) is 2.95. The first-order valence-corrected chi connectivity index (χ1v) is 13.9. The predicted molar refractivity (Wildman–Crippen MR) is 156 cm³/mol. The Hall–Kier alpha value is -4.23. The van der Waals surface area contributed by atoms with E-state index in [0.717, 1.165) is 30.0 Å². The van der Waals surface area contributed by atoms with Crippen molar-refractivity contribution in [1.82, 2.24) is 14.9 Å². The topological polar surface area (TPSA) is 94.8 Å². The van der Waals surface area contributed by atoms with Gasteiger partial charge in [0.25, 0.3) is 5.91 Å². The molecule has 4 heterocycles. The fourth-order valence-corrected chi connectivity index (χ4v) is 5.56. The Bertz CT molecular complexity index is 1470. The molecule has 2 aromatic carbocycles. The van der Waals surface area contributed by atoms with E-state index in [-0.39, 0.29) is 0 Å². The van der Waals surface area contributed by atoms with Crippen LogP contribution in [0.25, 0.3) is 10.8 Å². The maximum Gasteiger partial charge on any atom is 0.318 e. The molecule has 10 heteroatoms. The molecule has 214 valence electrons. The number of nitriles is 1. The summed E-state index contributed by atoms with van der Waals surface area (Å²) < 4.78 is 24.8. The van der Waals surface area contributed by atoms with E-state index >= 15 is 0 Å². The van der Waals surface area contributed by atoms with Gasteiger partial charge in [-0.2, -0.15) is 15.2 Å². The number of fused-ring (bicyclic) bond motifs is 2. The Morgan fingerprint density at radius 1 is 1.12 bits per heavy atom. The van der Waals surface area contributed by atoms with Gasteiger partial charge in [-0.05, 0) is 30.4 Å². The lowest BCUT2D eigenvalue weighted by atomic mass is 9.99. The number of aryl methyl sites for hydroxylation is 1. The average molecular weight is 559 g/mol. The van der Waals surface area contributed by atoms with Crippen LogP contribution in [0.1, 0.15) is 23.7 Å². The van der Waals surface area contributed by atoms with Crippen molar-refractivity contribution in [2.45, 2.75) is 26.8 Å². The van der Waals surface area contributed by atoms with Gasteiger partial charge in [0.1, 0.15) is 5.82 Å². The van der Waals surface area contributed by atoms with Crippen LogP contribution in [0.2, 0.25) is 0 Å². The number of hydrogen-bond donors (Lipinski definition) is 0. The molecule has 0 atom stereocenters. The Morgan fingerprint density at radius 3 is 2.49 bits per heavy atom. The van der Waals surface area contributed by atoms with Crippen LogP contribution in [0.4, 0.5) is 15.9 Å². The van der Waals surface area contributed by atoms with Crippen LogP contribution in [0, 0.1) is 24.2 Å². The first-order valence-electron chi connectivity index (χ1n) is 13.9. The second kappa shape index (κ2) is 12.5. The zero-order valence-electron chi connectivity index (χ0n) is 23.6. The van der Waals surface area contributed by atoms with Gasteiger partial charge >= 0.3 is 6.01 Å². The van der Waals surface area contributed by atoms with Gasteiger partial charge in [-0.15, -0.1) is 0 Å². The van der Waals surface area contributed by atoms with E-state index in [1.807, 2.05) is 0 Å². The third-order valence-electron chi connectivity index (χ3n) is 7.71. The minimum Gasteiger partial charge on any atom is -0.463 e. The summed E-state index contributed by atoms with van der Waals surface area (Å²) in [5.41, 5.74) is 4.54. The molecule has 0 saturated carbocycles. The third kappa shape index (κ3) is 6.10. The SMILES string of the molecule is C=C(F)C(=O)N1CCN(c2nc(OCC3COC3)nc3c2CCN(c2cccc4cccc(C)c24)C3)CC1.CC#N. The molecule has 0 spiro atoms. The zero-order valence-corrected chi connectivity index (χ0v) is 23.6. The van der Waals surface area contributed by atoms with Crippen LogP contribution in [0.3, 0.4) is 0 Å². The summed E-state index contributed by atoms with van der Waals surface area (Å²) in [5.74, 6) is -0.342. The maximum absolute atomic E-state index is 13.4. The molecule has 2 fully saturated rings. The van der Waals surface area contributed by atoms with Crippen molar-refractivity contribution in [3.8, 4) is 12.1 Å². The largest absolute Gasteiger partial charge is 0.463 e. The Labute approximate surface area is 239 Å². The summed E-state index contributed by atoms with van der Waals surface area (Å²) in [6.07, 6.45) is 0.796. The summed E-state index contributed by atoms with van der Waals surface area (Å²) >= 11 is 0. The van der Waals surface area contributed by atoms with E-state index in [1.54, 1.807) is 6.07 Å². The van der Waals surface area contributed by atoms with Crippen LogP contribution >= 0.6 is 0 Å². The predicted octanol–water partition coefficient (Wildman–Crippen LogP) is 4.19. The van der Waals surface area contributed by atoms with Crippen molar-refractivity contribution < 1.29 is 18.7 Å². The molecular formula is C31H35FN6O3. The molecule has 6 rings (SSSR count). The van der Waals surface area contributed by atoms with Gasteiger partial charge in [-0.1, -0.05) is 36.9 Å². The van der Waals surface area contributed by atoms with Crippen molar-refractivity contribution in [2.75, 3.05) is 62.3 Å². The van der Waals surface area contributed by atoms with Gasteiger partial charge in [-0.25, -0.2) is 4.39 Å². The van der Waals surface area contributed by atoms with Crippen LogP contribution < -0.4 is 14.5 Å². The lowest BCUT2D eigenvalue weighted by Gasteiger charge is -2.38. The number of rotatable bonds is 6. The molecule has 1 aromatic heterocycles. The van der Waals surface area contributed by atoms with Crippen molar-refractivity contribution in [2.24, 2.45) is 5.92 Å². The summed E-state index contributed by atoms with van der Waals surface area (Å²) in [6.45, 7) is 12.1. The highest BCUT2D eigenvalue weighted by atomic mass is 19.1. The maximum atomic E-state index is 13.4. The fraction of sp³-hybridized carbons (Fsp3) is 0.419. The molecule has 41 heavy (non-hydrogen) atoms. The first kappa shape index (κ1) is 28.3. The highest BCUT2D eigenvalue weighted by Gasteiger charge is 2.30. The van der Waals surface area contributed by atoms with Crippen LogP contribution in [0.5, 0.6) is 6.01 Å². The zero-order chi connectivity index (χ0) is 28.9. The van der Waals surface area contributed by atoms with Gasteiger partial charge in [0, 0.05) is 62.2 Å². The number of halogens is 1. The lowest BCUT2D eigenvalue weighted by molar-refractivity contribution is -0.128. The second-order valence-corrected chi connectivity index (χ2v) is 10.5. The van der Waals surface area contributed by atoms with E-state index in [1.165, 1.54) is 33.8 Å². The van der Waals surface area contributed by atoms with Gasteiger partial charge in [0.2, 0.25) is 0 Å². The lowest BCUT2D eigenvalue weighted by Crippen LogP contribution is -2.49. The number of ether oxygens (including phenoxy) is 2. The minimum atomic E-state index is -0.919. The minimum absolute atomic E-state index is 0.358. The number of hydrogen-bond acceptors (Lipinski definition) is 8. The molecule has 3 aromatic rings. The van der Waals surface area contributed by atoms with Crippen LogP contribution in [0.15, 0.2) is 48.8 Å². The molecule has 2 saturated heterocycles. The van der Waals surface area contributed by atoms with E-state index in [0.29, 0.717) is 64.5 Å². The number of anilines is 2. The number of carbonyl (C=O) groups is 1. The van der Waals surface area contributed by atoms with E-state index in [2.05, 4.69) is 59.7 Å². The Morgan fingerprint density at radius 2 is 1.83 bits per heavy atom. The summed E-state index contributed by atoms with van der Waals surface area (Å²) in [5, 5.41) is 9.82. The van der Waals surface area contributed by atoms with Gasteiger partial charge < -0.3 is 24.2 Å². The molecule has 0 aliphatic carbocycles. The molecule has 0 bridgehead atoms. The normalized spacial score (nSPS) is 16.7. The molecule has 9 nitrogen and oxygen atoms in total. The molecule has 3 aliphatic heterocycles.